The number of benzene rings is 1. The van der Waals surface area contributed by atoms with Gasteiger partial charge in [-0.2, -0.15) is 0 Å². The maximum atomic E-state index is 12.8. The Balaban J connectivity index is 1.80. The van der Waals surface area contributed by atoms with E-state index in [4.69, 9.17) is 9.72 Å². The number of likely N-dealkylation sites (N-methyl/N-ethyl adjacent to an activating group) is 1. The monoisotopic (exact) mass is 500 g/mol. The summed E-state index contributed by atoms with van der Waals surface area (Å²) in [5.74, 6) is 0.393. The molecule has 0 unspecified atom stereocenters. The molecule has 1 aliphatic rings. The number of piperazine rings is 1. The number of rotatable bonds is 8. The standard InChI is InChI=1S/C24H32N6O4S/c1-5-29-9-11-30(12-10-29)20-7-6-17(14-21(20)35(4,32)33)18-15-19-22(24(31)28(2)16-26-19)23(27-18)25-8-13-34-3/h6-7,14-16H,5,8-13H2,1-4H3,(H,25,27). The Kier molecular flexibility index (Phi) is 7.39. The van der Waals surface area contributed by atoms with Crippen molar-refractivity contribution in [2.24, 2.45) is 7.05 Å². The molecule has 0 bridgehead atoms. The topological polar surface area (TPSA) is 110 Å². The molecule has 0 spiro atoms. The Bertz CT molecular complexity index is 1380. The van der Waals surface area contributed by atoms with Gasteiger partial charge in [-0.1, -0.05) is 13.0 Å². The lowest BCUT2D eigenvalue weighted by Gasteiger charge is -2.36. The zero-order valence-corrected chi connectivity index (χ0v) is 21.4. The average molecular weight is 501 g/mol. The van der Waals surface area contributed by atoms with Crippen molar-refractivity contribution in [3.63, 3.8) is 0 Å². The van der Waals surface area contributed by atoms with Gasteiger partial charge in [0.15, 0.2) is 9.84 Å². The molecule has 1 aliphatic heterocycles. The third-order valence-corrected chi connectivity index (χ3v) is 7.44. The molecule has 1 N–H and O–H groups in total. The van der Waals surface area contributed by atoms with E-state index in [1.54, 1.807) is 26.3 Å². The lowest BCUT2D eigenvalue weighted by atomic mass is 10.1. The van der Waals surface area contributed by atoms with E-state index >= 15 is 0 Å². The van der Waals surface area contributed by atoms with Gasteiger partial charge < -0.3 is 24.4 Å². The molecule has 0 radical (unpaired) electrons. The molecule has 1 saturated heterocycles. The van der Waals surface area contributed by atoms with E-state index in [9.17, 15) is 13.2 Å². The molecule has 0 amide bonds. The summed E-state index contributed by atoms with van der Waals surface area (Å²) in [5, 5.41) is 3.54. The summed E-state index contributed by atoms with van der Waals surface area (Å²) in [6, 6.07) is 7.13. The van der Waals surface area contributed by atoms with Gasteiger partial charge in [-0.3, -0.25) is 4.79 Å². The van der Waals surface area contributed by atoms with Crippen LogP contribution in [0.1, 0.15) is 6.92 Å². The fourth-order valence-electron chi connectivity index (χ4n) is 4.31. The number of fused-ring (bicyclic) bond motifs is 1. The zero-order valence-electron chi connectivity index (χ0n) is 20.6. The van der Waals surface area contributed by atoms with Crippen LogP contribution in [-0.2, 0) is 21.6 Å². The first-order valence-corrected chi connectivity index (χ1v) is 13.5. The molecular weight excluding hydrogens is 468 g/mol. The van der Waals surface area contributed by atoms with Gasteiger partial charge in [0.05, 0.1) is 34.7 Å². The summed E-state index contributed by atoms with van der Waals surface area (Å²) in [6.45, 7) is 7.33. The number of aryl methyl sites for hydroxylation is 1. The van der Waals surface area contributed by atoms with Gasteiger partial charge in [0.2, 0.25) is 0 Å². The number of nitrogens with one attached hydrogen (secondary N) is 1. The number of hydrogen-bond donors (Lipinski definition) is 1. The first kappa shape index (κ1) is 25.1. The Hall–Kier alpha value is -3.02. The van der Waals surface area contributed by atoms with E-state index < -0.39 is 9.84 Å². The summed E-state index contributed by atoms with van der Waals surface area (Å²) in [4.78, 5) is 26.7. The van der Waals surface area contributed by atoms with Gasteiger partial charge in [-0.15, -0.1) is 0 Å². The van der Waals surface area contributed by atoms with Crippen LogP contribution in [0.5, 0.6) is 0 Å². The molecular formula is C24H32N6O4S. The molecule has 0 aliphatic carbocycles. The van der Waals surface area contributed by atoms with Crippen LogP contribution in [-0.4, -0.2) is 87.1 Å². The van der Waals surface area contributed by atoms with E-state index in [1.807, 2.05) is 12.1 Å². The van der Waals surface area contributed by atoms with E-state index in [-0.39, 0.29) is 10.5 Å². The maximum absolute atomic E-state index is 12.8. The third kappa shape index (κ3) is 5.31. The molecule has 11 heteroatoms. The van der Waals surface area contributed by atoms with Crippen molar-refractivity contribution >= 4 is 32.2 Å². The highest BCUT2D eigenvalue weighted by Gasteiger charge is 2.23. The Morgan fingerprint density at radius 1 is 1.14 bits per heavy atom. The number of anilines is 2. The van der Waals surface area contributed by atoms with Gasteiger partial charge in [0, 0.05) is 58.7 Å². The largest absolute Gasteiger partial charge is 0.383 e. The maximum Gasteiger partial charge on any atom is 0.264 e. The van der Waals surface area contributed by atoms with Crippen LogP contribution in [0.15, 0.2) is 40.3 Å². The number of aromatic nitrogens is 3. The lowest BCUT2D eigenvalue weighted by molar-refractivity contribution is 0.210. The highest BCUT2D eigenvalue weighted by atomic mass is 32.2. The highest BCUT2D eigenvalue weighted by Crippen LogP contribution is 2.32. The molecule has 188 valence electrons. The molecule has 1 fully saturated rings. The van der Waals surface area contributed by atoms with Crippen molar-refractivity contribution in [1.82, 2.24) is 19.4 Å². The van der Waals surface area contributed by atoms with Crippen molar-refractivity contribution in [3.05, 3.63) is 40.9 Å². The second kappa shape index (κ2) is 10.3. The molecule has 0 saturated carbocycles. The van der Waals surface area contributed by atoms with E-state index in [2.05, 4.69) is 27.0 Å². The van der Waals surface area contributed by atoms with Crippen LogP contribution >= 0.6 is 0 Å². The number of sulfone groups is 1. The fourth-order valence-corrected chi connectivity index (χ4v) is 5.22. The second-order valence-electron chi connectivity index (χ2n) is 8.71. The zero-order chi connectivity index (χ0) is 25.2. The quantitative estimate of drug-likeness (QED) is 0.461. The number of methoxy groups -OCH3 is 1. The predicted octanol–water partition coefficient (Wildman–Crippen LogP) is 1.60. The number of hydrogen-bond acceptors (Lipinski definition) is 9. The summed E-state index contributed by atoms with van der Waals surface area (Å²) in [5.41, 5.74) is 2.15. The van der Waals surface area contributed by atoms with Crippen molar-refractivity contribution in [1.29, 1.82) is 0 Å². The molecule has 3 heterocycles. The summed E-state index contributed by atoms with van der Waals surface area (Å²) >= 11 is 0. The van der Waals surface area contributed by atoms with Crippen molar-refractivity contribution in [2.75, 3.05) is 69.5 Å². The van der Waals surface area contributed by atoms with Crippen LogP contribution in [0.2, 0.25) is 0 Å². The third-order valence-electron chi connectivity index (χ3n) is 6.32. The SMILES string of the molecule is CCN1CCN(c2ccc(-c3cc4ncn(C)c(=O)c4c(NCCOC)n3)cc2S(C)(=O)=O)CC1. The van der Waals surface area contributed by atoms with Gasteiger partial charge in [-0.05, 0) is 24.7 Å². The summed E-state index contributed by atoms with van der Waals surface area (Å²) in [6.07, 6.45) is 2.70. The number of nitrogens with zero attached hydrogens (tertiary/aromatic N) is 5. The molecule has 4 rings (SSSR count). The predicted molar refractivity (Wildman–Crippen MR) is 138 cm³/mol. The summed E-state index contributed by atoms with van der Waals surface area (Å²) < 4.78 is 32.1. The highest BCUT2D eigenvalue weighted by molar-refractivity contribution is 7.90. The average Bonchev–Trinajstić information content (AvgIpc) is 2.85. The number of pyridine rings is 1. The van der Waals surface area contributed by atoms with Crippen molar-refractivity contribution < 1.29 is 13.2 Å². The fraction of sp³-hybridized carbons (Fsp3) is 0.458. The van der Waals surface area contributed by atoms with Crippen LogP contribution < -0.4 is 15.8 Å². The van der Waals surface area contributed by atoms with E-state index in [0.717, 1.165) is 32.7 Å². The van der Waals surface area contributed by atoms with Gasteiger partial charge in [0.25, 0.3) is 5.56 Å². The molecule has 0 atom stereocenters. The van der Waals surface area contributed by atoms with Crippen LogP contribution in [0, 0.1) is 0 Å². The molecule has 35 heavy (non-hydrogen) atoms. The Morgan fingerprint density at radius 2 is 1.89 bits per heavy atom. The lowest BCUT2D eigenvalue weighted by Crippen LogP contribution is -2.46. The molecule has 10 nitrogen and oxygen atoms in total. The van der Waals surface area contributed by atoms with Crippen molar-refractivity contribution in [3.8, 4) is 11.3 Å². The normalized spacial score (nSPS) is 15.0. The van der Waals surface area contributed by atoms with Gasteiger partial charge >= 0.3 is 0 Å². The minimum absolute atomic E-state index is 0.215. The Labute approximate surface area is 205 Å². The van der Waals surface area contributed by atoms with E-state index in [0.29, 0.717) is 46.8 Å². The number of ether oxygens (including phenoxy) is 1. The van der Waals surface area contributed by atoms with Crippen LogP contribution in [0.25, 0.3) is 22.2 Å². The van der Waals surface area contributed by atoms with Gasteiger partial charge in [-0.25, -0.2) is 18.4 Å². The second-order valence-corrected chi connectivity index (χ2v) is 10.7. The van der Waals surface area contributed by atoms with Gasteiger partial charge in [0.1, 0.15) is 11.2 Å². The summed E-state index contributed by atoms with van der Waals surface area (Å²) in [7, 11) is -0.263. The molecule has 2 aromatic heterocycles. The van der Waals surface area contributed by atoms with Crippen molar-refractivity contribution in [2.45, 2.75) is 11.8 Å². The molecule has 3 aromatic rings. The molecule has 1 aromatic carbocycles. The minimum Gasteiger partial charge on any atom is -0.383 e. The smallest absolute Gasteiger partial charge is 0.264 e. The van der Waals surface area contributed by atoms with E-state index in [1.165, 1.54) is 17.2 Å². The Morgan fingerprint density at radius 3 is 2.54 bits per heavy atom. The van der Waals surface area contributed by atoms with Crippen LogP contribution in [0.4, 0.5) is 11.5 Å². The minimum atomic E-state index is -3.50. The first-order valence-electron chi connectivity index (χ1n) is 11.6. The van der Waals surface area contributed by atoms with Crippen LogP contribution in [0.3, 0.4) is 0 Å². The first-order chi connectivity index (χ1) is 16.7.